The number of hydrogen-bond acceptors (Lipinski definition) is 5. The number of nitrogens with zero attached hydrogens (tertiary/aromatic N) is 1. The van der Waals surface area contributed by atoms with Gasteiger partial charge < -0.3 is 10.1 Å². The van der Waals surface area contributed by atoms with Gasteiger partial charge in [0.05, 0.1) is 23.1 Å². The molecule has 1 aliphatic heterocycles. The number of fused-ring (bicyclic) bond motifs is 1. The number of ether oxygens (including phenoxy) is 1. The summed E-state index contributed by atoms with van der Waals surface area (Å²) in [6, 6.07) is 23.8. The van der Waals surface area contributed by atoms with E-state index in [1.165, 1.54) is 22.6 Å². The average Bonchev–Trinajstić information content (AvgIpc) is 3.21. The number of hydrogen-bond donors (Lipinski definition) is 1. The van der Waals surface area contributed by atoms with Gasteiger partial charge >= 0.3 is 5.97 Å². The van der Waals surface area contributed by atoms with Gasteiger partial charge in [-0.1, -0.05) is 55.5 Å². The number of aryl methyl sites for hydroxylation is 1. The first-order valence-corrected chi connectivity index (χ1v) is 13.0. The van der Waals surface area contributed by atoms with Crippen molar-refractivity contribution in [2.45, 2.75) is 38.5 Å². The molecular weight excluding hydrogens is 480 g/mol. The molecule has 5 rings (SSSR count). The fraction of sp³-hybridized carbons (Fsp3) is 0.290. The van der Waals surface area contributed by atoms with Gasteiger partial charge in [0.15, 0.2) is 6.61 Å². The van der Waals surface area contributed by atoms with E-state index in [-0.39, 0.29) is 35.1 Å². The van der Waals surface area contributed by atoms with Crippen molar-refractivity contribution < 1.29 is 23.9 Å². The lowest BCUT2D eigenvalue weighted by Crippen LogP contribution is -2.30. The first kappa shape index (κ1) is 25.4. The summed E-state index contributed by atoms with van der Waals surface area (Å²) < 4.78 is 5.18. The van der Waals surface area contributed by atoms with Crippen molar-refractivity contribution in [3.63, 3.8) is 0 Å². The molecule has 38 heavy (non-hydrogen) atoms. The molecule has 0 aromatic heterocycles. The Labute approximate surface area is 221 Å². The molecule has 1 heterocycles. The van der Waals surface area contributed by atoms with Gasteiger partial charge in [0, 0.05) is 5.69 Å². The Morgan fingerprint density at radius 1 is 0.868 bits per heavy atom. The highest BCUT2D eigenvalue weighted by atomic mass is 16.5. The summed E-state index contributed by atoms with van der Waals surface area (Å²) in [7, 11) is 0. The summed E-state index contributed by atoms with van der Waals surface area (Å²) in [6.45, 7) is 1.57. The summed E-state index contributed by atoms with van der Waals surface area (Å²) in [5.41, 5.74) is 3.56. The lowest BCUT2D eigenvalue weighted by Gasteiger charge is -2.28. The summed E-state index contributed by atoms with van der Waals surface area (Å²) in [5.74, 6) is -1.81. The molecule has 3 aromatic carbocycles. The predicted octanol–water partition coefficient (Wildman–Crippen LogP) is 5.12. The second kappa shape index (κ2) is 11.0. The zero-order chi connectivity index (χ0) is 26.6. The van der Waals surface area contributed by atoms with E-state index in [1.807, 2.05) is 43.3 Å². The minimum absolute atomic E-state index is 0.175. The Kier molecular flexibility index (Phi) is 7.36. The quantitative estimate of drug-likeness (QED) is 0.352. The molecule has 0 unspecified atom stereocenters. The van der Waals surface area contributed by atoms with E-state index in [2.05, 4.69) is 17.4 Å². The van der Waals surface area contributed by atoms with E-state index < -0.39 is 18.5 Å². The number of esters is 1. The highest BCUT2D eigenvalue weighted by Crippen LogP contribution is 2.45. The Bertz CT molecular complexity index is 1350. The Hall–Kier alpha value is -4.26. The highest BCUT2D eigenvalue weighted by molar-refractivity contribution is 6.22. The molecule has 3 aromatic rings. The maximum atomic E-state index is 13.3. The fourth-order valence-electron chi connectivity index (χ4n) is 5.56. The van der Waals surface area contributed by atoms with E-state index in [1.54, 1.807) is 18.2 Å². The van der Waals surface area contributed by atoms with Crippen LogP contribution in [0.3, 0.4) is 0 Å². The number of imide groups is 1. The molecule has 1 saturated heterocycles. The SMILES string of the molecule is CCc1ccccc1NC(=O)COC(=O)c1ccc(N2C(=O)[C@H]3C[C@@H](c4ccccc4)CC[C@H]3C2=O)cc1. The largest absolute Gasteiger partial charge is 0.452 e. The molecule has 1 aliphatic carbocycles. The third-order valence-electron chi connectivity index (χ3n) is 7.56. The number of para-hydroxylation sites is 1. The van der Waals surface area contributed by atoms with Crippen LogP contribution in [0.4, 0.5) is 11.4 Å². The van der Waals surface area contributed by atoms with Gasteiger partial charge in [0.25, 0.3) is 5.91 Å². The first-order valence-electron chi connectivity index (χ1n) is 13.0. The van der Waals surface area contributed by atoms with Crippen LogP contribution in [0, 0.1) is 11.8 Å². The van der Waals surface area contributed by atoms with Crippen molar-refractivity contribution in [1.29, 1.82) is 0 Å². The third-order valence-corrected chi connectivity index (χ3v) is 7.56. The number of nitrogens with one attached hydrogen (secondary N) is 1. The lowest BCUT2D eigenvalue weighted by molar-refractivity contribution is -0.122. The maximum Gasteiger partial charge on any atom is 0.338 e. The lowest BCUT2D eigenvalue weighted by atomic mass is 9.73. The van der Waals surface area contributed by atoms with Crippen molar-refractivity contribution in [1.82, 2.24) is 0 Å². The molecule has 1 saturated carbocycles. The molecule has 2 aliphatic rings. The Balaban J connectivity index is 1.20. The third kappa shape index (κ3) is 5.09. The van der Waals surface area contributed by atoms with Gasteiger partial charge in [0.2, 0.25) is 11.8 Å². The van der Waals surface area contributed by atoms with Crippen LogP contribution in [0.1, 0.15) is 53.6 Å². The van der Waals surface area contributed by atoms with Gasteiger partial charge in [-0.3, -0.25) is 19.3 Å². The zero-order valence-corrected chi connectivity index (χ0v) is 21.3. The van der Waals surface area contributed by atoms with E-state index in [0.717, 1.165) is 18.4 Å². The second-order valence-corrected chi connectivity index (χ2v) is 9.83. The predicted molar refractivity (Wildman–Crippen MR) is 144 cm³/mol. The number of anilines is 2. The molecule has 0 radical (unpaired) electrons. The number of carbonyl (C=O) groups is 4. The normalized spacial score (nSPS) is 20.7. The van der Waals surface area contributed by atoms with E-state index in [9.17, 15) is 19.2 Å². The first-order chi connectivity index (χ1) is 18.5. The van der Waals surface area contributed by atoms with Crippen molar-refractivity contribution in [2.75, 3.05) is 16.8 Å². The van der Waals surface area contributed by atoms with Crippen molar-refractivity contribution >= 4 is 35.1 Å². The number of carbonyl (C=O) groups excluding carboxylic acids is 4. The summed E-state index contributed by atoms with van der Waals surface area (Å²) in [6.07, 6.45) is 2.98. The summed E-state index contributed by atoms with van der Waals surface area (Å²) in [4.78, 5) is 52.5. The molecule has 1 N–H and O–H groups in total. The molecule has 0 bridgehead atoms. The molecular formula is C31H30N2O5. The van der Waals surface area contributed by atoms with Crippen LogP contribution in [0.2, 0.25) is 0 Å². The standard InChI is InChI=1S/C31H30N2O5/c1-2-20-8-6-7-11-27(20)32-28(34)19-38-31(37)22-12-15-24(16-13-22)33-29(35)25-17-14-23(18-26(25)30(33)36)21-9-4-3-5-10-21/h3-13,15-16,23,25-26H,2,14,17-19H2,1H3,(H,32,34)/t23-,25+,26-/m0/s1. The Morgan fingerprint density at radius 2 is 1.55 bits per heavy atom. The Morgan fingerprint density at radius 3 is 2.29 bits per heavy atom. The van der Waals surface area contributed by atoms with Gasteiger partial charge in [0.1, 0.15) is 0 Å². The molecule has 7 heteroatoms. The van der Waals surface area contributed by atoms with Crippen molar-refractivity contribution in [2.24, 2.45) is 11.8 Å². The minimum atomic E-state index is -0.658. The van der Waals surface area contributed by atoms with Gasteiger partial charge in [-0.05, 0) is 73.1 Å². The zero-order valence-electron chi connectivity index (χ0n) is 21.3. The van der Waals surface area contributed by atoms with Crippen LogP contribution < -0.4 is 10.2 Å². The molecule has 2 fully saturated rings. The summed E-state index contributed by atoms with van der Waals surface area (Å²) in [5, 5.41) is 2.76. The smallest absolute Gasteiger partial charge is 0.338 e. The van der Waals surface area contributed by atoms with Gasteiger partial charge in [-0.15, -0.1) is 0 Å². The molecule has 0 spiro atoms. The van der Waals surface area contributed by atoms with Crippen LogP contribution in [-0.4, -0.2) is 30.3 Å². The number of benzene rings is 3. The molecule has 3 atom stereocenters. The maximum absolute atomic E-state index is 13.3. The molecule has 194 valence electrons. The van der Waals surface area contributed by atoms with Crippen LogP contribution in [0.25, 0.3) is 0 Å². The molecule has 3 amide bonds. The van der Waals surface area contributed by atoms with Crippen molar-refractivity contribution in [3.05, 3.63) is 95.6 Å². The number of amides is 3. The van der Waals surface area contributed by atoms with E-state index in [4.69, 9.17) is 4.74 Å². The monoisotopic (exact) mass is 510 g/mol. The van der Waals surface area contributed by atoms with Gasteiger partial charge in [-0.2, -0.15) is 0 Å². The minimum Gasteiger partial charge on any atom is -0.452 e. The van der Waals surface area contributed by atoms with E-state index >= 15 is 0 Å². The van der Waals surface area contributed by atoms with Crippen LogP contribution in [0.15, 0.2) is 78.9 Å². The van der Waals surface area contributed by atoms with Crippen LogP contribution in [0.5, 0.6) is 0 Å². The number of rotatable bonds is 7. The van der Waals surface area contributed by atoms with Gasteiger partial charge in [-0.25, -0.2) is 4.79 Å². The van der Waals surface area contributed by atoms with Crippen molar-refractivity contribution in [3.8, 4) is 0 Å². The fourth-order valence-corrected chi connectivity index (χ4v) is 5.56. The van der Waals surface area contributed by atoms with Crippen LogP contribution in [-0.2, 0) is 25.5 Å². The molecule has 7 nitrogen and oxygen atoms in total. The topological polar surface area (TPSA) is 92.8 Å². The highest BCUT2D eigenvalue weighted by Gasteiger charge is 2.50. The second-order valence-electron chi connectivity index (χ2n) is 9.83. The average molecular weight is 511 g/mol. The summed E-state index contributed by atoms with van der Waals surface area (Å²) >= 11 is 0. The van der Waals surface area contributed by atoms with E-state index in [0.29, 0.717) is 24.2 Å². The van der Waals surface area contributed by atoms with Crippen LogP contribution >= 0.6 is 0 Å².